The summed E-state index contributed by atoms with van der Waals surface area (Å²) in [4.78, 5) is 27.0. The lowest BCUT2D eigenvalue weighted by Crippen LogP contribution is -2.25. The molecule has 0 heterocycles. The van der Waals surface area contributed by atoms with Gasteiger partial charge in [0.1, 0.15) is 5.82 Å². The van der Waals surface area contributed by atoms with Gasteiger partial charge in [0.25, 0.3) is 5.91 Å². The van der Waals surface area contributed by atoms with Crippen LogP contribution in [0.15, 0.2) is 42.5 Å². The highest BCUT2D eigenvalue weighted by Crippen LogP contribution is 2.23. The summed E-state index contributed by atoms with van der Waals surface area (Å²) in [6, 6.07) is 11.4. The number of nitrogens with one attached hydrogen (secondary N) is 2. The van der Waals surface area contributed by atoms with Gasteiger partial charge in [-0.1, -0.05) is 57.6 Å². The maximum Gasteiger partial charge on any atom is 0.253 e. The molecule has 6 heteroatoms. The van der Waals surface area contributed by atoms with Crippen molar-refractivity contribution >= 4 is 23.2 Å². The number of benzene rings is 2. The highest BCUT2D eigenvalue weighted by molar-refractivity contribution is 6.02. The molecule has 0 saturated heterocycles. The molecule has 0 aromatic heterocycles. The lowest BCUT2D eigenvalue weighted by atomic mass is 10.1. The monoisotopic (exact) mass is 441 g/mol. The minimum absolute atomic E-state index is 0.0335. The van der Waals surface area contributed by atoms with E-state index in [0.29, 0.717) is 24.2 Å². The van der Waals surface area contributed by atoms with Gasteiger partial charge >= 0.3 is 0 Å². The lowest BCUT2D eigenvalue weighted by molar-refractivity contribution is -0.116. The first-order valence-electron chi connectivity index (χ1n) is 11.5. The van der Waals surface area contributed by atoms with Crippen molar-refractivity contribution in [2.45, 2.75) is 64.8 Å². The molecule has 0 spiro atoms. The number of amides is 2. The predicted molar refractivity (Wildman–Crippen MR) is 130 cm³/mol. The van der Waals surface area contributed by atoms with E-state index in [9.17, 15) is 14.0 Å². The number of hydrogen-bond donors (Lipinski definition) is 2. The molecule has 2 amide bonds. The number of rotatable bonds is 13. The molecule has 0 aliphatic carbocycles. The summed E-state index contributed by atoms with van der Waals surface area (Å²) in [7, 11) is 3.73. The van der Waals surface area contributed by atoms with E-state index in [-0.39, 0.29) is 17.6 Å². The van der Waals surface area contributed by atoms with Crippen molar-refractivity contribution in [3.63, 3.8) is 0 Å². The zero-order chi connectivity index (χ0) is 23.3. The Morgan fingerprint density at radius 2 is 1.56 bits per heavy atom. The second-order valence-electron chi connectivity index (χ2n) is 8.35. The molecule has 5 nitrogen and oxygen atoms in total. The average molecular weight is 442 g/mol. The van der Waals surface area contributed by atoms with Crippen molar-refractivity contribution in [1.82, 2.24) is 5.32 Å². The Morgan fingerprint density at radius 1 is 0.906 bits per heavy atom. The smallest absolute Gasteiger partial charge is 0.253 e. The Bertz CT molecular complexity index is 866. The molecule has 2 aromatic rings. The molecule has 0 saturated carbocycles. The second-order valence-corrected chi connectivity index (χ2v) is 8.35. The first-order chi connectivity index (χ1) is 15.4. The molecular formula is C26H36FN3O2. The standard InChI is InChI=1S/C26H36FN3O2/c1-4-5-6-7-8-9-10-11-25(31)29-22-16-17-24(30(2)3)23(18-22)26(32)28-19-20-12-14-21(27)15-13-20/h12-18H,4-11,19H2,1-3H3,(H,28,32)(H,29,31). The molecule has 0 atom stereocenters. The zero-order valence-corrected chi connectivity index (χ0v) is 19.5. The minimum atomic E-state index is -0.310. The minimum Gasteiger partial charge on any atom is -0.377 e. The SMILES string of the molecule is CCCCCCCCCC(=O)Nc1ccc(N(C)C)c(C(=O)NCc2ccc(F)cc2)c1. The van der Waals surface area contributed by atoms with Gasteiger partial charge in [0.2, 0.25) is 5.91 Å². The van der Waals surface area contributed by atoms with Gasteiger partial charge in [0, 0.05) is 38.4 Å². The van der Waals surface area contributed by atoms with Gasteiger partial charge in [-0.25, -0.2) is 4.39 Å². The summed E-state index contributed by atoms with van der Waals surface area (Å²) in [6.45, 7) is 2.50. The Hall–Kier alpha value is -2.89. The Morgan fingerprint density at radius 3 is 2.22 bits per heavy atom. The largest absolute Gasteiger partial charge is 0.377 e. The van der Waals surface area contributed by atoms with Gasteiger partial charge < -0.3 is 15.5 Å². The van der Waals surface area contributed by atoms with Crippen LogP contribution in [0, 0.1) is 5.82 Å². The van der Waals surface area contributed by atoms with Crippen LogP contribution in [0.4, 0.5) is 15.8 Å². The molecule has 2 rings (SSSR count). The van der Waals surface area contributed by atoms with Crippen molar-refractivity contribution in [1.29, 1.82) is 0 Å². The van der Waals surface area contributed by atoms with E-state index >= 15 is 0 Å². The normalized spacial score (nSPS) is 10.6. The van der Waals surface area contributed by atoms with E-state index in [2.05, 4.69) is 17.6 Å². The van der Waals surface area contributed by atoms with Crippen molar-refractivity contribution in [2.75, 3.05) is 24.3 Å². The molecule has 0 aliphatic heterocycles. The van der Waals surface area contributed by atoms with Gasteiger partial charge in [-0.3, -0.25) is 9.59 Å². The van der Waals surface area contributed by atoms with Crippen LogP contribution < -0.4 is 15.5 Å². The first kappa shape index (κ1) is 25.4. The van der Waals surface area contributed by atoms with Gasteiger partial charge in [0.05, 0.1) is 5.56 Å². The van der Waals surface area contributed by atoms with Crippen LogP contribution in [0.1, 0.15) is 74.2 Å². The number of hydrogen-bond acceptors (Lipinski definition) is 3. The topological polar surface area (TPSA) is 61.4 Å². The van der Waals surface area contributed by atoms with Crippen LogP contribution in [0.2, 0.25) is 0 Å². The third-order valence-corrected chi connectivity index (χ3v) is 5.38. The van der Waals surface area contributed by atoms with Crippen molar-refractivity contribution in [3.8, 4) is 0 Å². The van der Waals surface area contributed by atoms with Crippen LogP contribution in [0.25, 0.3) is 0 Å². The second kappa shape index (κ2) is 13.5. The molecule has 0 radical (unpaired) electrons. The molecule has 174 valence electrons. The van der Waals surface area contributed by atoms with Gasteiger partial charge in [0.15, 0.2) is 0 Å². The Balaban J connectivity index is 1.92. The molecule has 2 aromatic carbocycles. The Labute approximate surface area is 191 Å². The van der Waals surface area contributed by atoms with Crippen LogP contribution in [-0.4, -0.2) is 25.9 Å². The third-order valence-electron chi connectivity index (χ3n) is 5.38. The number of carbonyl (C=O) groups is 2. The fraction of sp³-hybridized carbons (Fsp3) is 0.462. The van der Waals surface area contributed by atoms with Gasteiger partial charge in [-0.05, 0) is 42.3 Å². The molecule has 32 heavy (non-hydrogen) atoms. The highest BCUT2D eigenvalue weighted by atomic mass is 19.1. The molecule has 0 bridgehead atoms. The highest BCUT2D eigenvalue weighted by Gasteiger charge is 2.15. The summed E-state index contributed by atoms with van der Waals surface area (Å²) in [5.41, 5.74) is 2.65. The van der Waals surface area contributed by atoms with Crippen molar-refractivity contribution < 1.29 is 14.0 Å². The van der Waals surface area contributed by atoms with Crippen molar-refractivity contribution in [3.05, 3.63) is 59.4 Å². The summed E-state index contributed by atoms with van der Waals surface area (Å²) in [6.07, 6.45) is 8.61. The number of anilines is 2. The van der Waals surface area contributed by atoms with Crippen LogP contribution in [-0.2, 0) is 11.3 Å². The zero-order valence-electron chi connectivity index (χ0n) is 19.5. The summed E-state index contributed by atoms with van der Waals surface area (Å²) in [5.74, 6) is -0.593. The summed E-state index contributed by atoms with van der Waals surface area (Å²) < 4.78 is 13.1. The average Bonchev–Trinajstić information content (AvgIpc) is 2.77. The molecule has 0 fully saturated rings. The number of carbonyl (C=O) groups excluding carboxylic acids is 2. The van der Waals surface area contributed by atoms with E-state index in [1.54, 1.807) is 18.2 Å². The van der Waals surface area contributed by atoms with Crippen LogP contribution >= 0.6 is 0 Å². The fourth-order valence-corrected chi connectivity index (χ4v) is 3.53. The quantitative estimate of drug-likeness (QED) is 0.380. The summed E-state index contributed by atoms with van der Waals surface area (Å²) >= 11 is 0. The molecule has 2 N–H and O–H groups in total. The molecule has 0 aliphatic rings. The third kappa shape index (κ3) is 8.69. The predicted octanol–water partition coefficient (Wildman–Crippen LogP) is 5.90. The fourth-order valence-electron chi connectivity index (χ4n) is 3.53. The first-order valence-corrected chi connectivity index (χ1v) is 11.5. The Kier molecular flexibility index (Phi) is 10.7. The number of unbranched alkanes of at least 4 members (excludes halogenated alkanes) is 6. The lowest BCUT2D eigenvalue weighted by Gasteiger charge is -2.18. The summed E-state index contributed by atoms with van der Waals surface area (Å²) in [5, 5.41) is 5.79. The van der Waals surface area contributed by atoms with Crippen molar-refractivity contribution in [2.24, 2.45) is 0 Å². The number of halogens is 1. The van der Waals surface area contributed by atoms with E-state index in [4.69, 9.17) is 0 Å². The van der Waals surface area contributed by atoms with E-state index in [0.717, 1.165) is 24.1 Å². The van der Waals surface area contributed by atoms with Gasteiger partial charge in [-0.2, -0.15) is 0 Å². The number of nitrogens with zero attached hydrogens (tertiary/aromatic N) is 1. The maximum atomic E-state index is 13.1. The molecule has 0 unspecified atom stereocenters. The maximum absolute atomic E-state index is 13.1. The van der Waals surface area contributed by atoms with E-state index in [1.807, 2.05) is 31.1 Å². The van der Waals surface area contributed by atoms with Gasteiger partial charge in [-0.15, -0.1) is 0 Å². The van der Waals surface area contributed by atoms with Crippen LogP contribution in [0.3, 0.4) is 0 Å². The van der Waals surface area contributed by atoms with E-state index < -0.39 is 0 Å². The van der Waals surface area contributed by atoms with E-state index in [1.165, 1.54) is 44.2 Å². The molecular weight excluding hydrogens is 405 g/mol. The van der Waals surface area contributed by atoms with Crippen LogP contribution in [0.5, 0.6) is 0 Å².